The molecule has 0 bridgehead atoms. The van der Waals surface area contributed by atoms with Gasteiger partial charge in [-0.3, -0.25) is 17.4 Å². The van der Waals surface area contributed by atoms with Gasteiger partial charge in [-0.25, -0.2) is 0 Å². The molecule has 0 fully saturated rings. The maximum Gasteiger partial charge on any atom is 0 e. The molecule has 39 valence electrons. The minimum absolute atomic E-state index is 0. The molecule has 0 amide bonds. The van der Waals surface area contributed by atoms with Gasteiger partial charge in [-0.2, -0.15) is 5.38 Å². The van der Waals surface area contributed by atoms with E-state index >= 15 is 0 Å². The van der Waals surface area contributed by atoms with Gasteiger partial charge in [0.25, 0.3) is 0 Å². The Morgan fingerprint density at radius 2 is 2.50 bits per heavy atom. The van der Waals surface area contributed by atoms with Gasteiger partial charge in [0.15, 0.2) is 0 Å². The van der Waals surface area contributed by atoms with Crippen molar-refractivity contribution in [3.63, 3.8) is 0 Å². The number of rotatable bonds is 1. The van der Waals surface area contributed by atoms with E-state index in [4.69, 9.17) is 6.58 Å². The van der Waals surface area contributed by atoms with Crippen LogP contribution in [0, 0.1) is 12.6 Å². The monoisotopic (exact) mass is 197 g/mol. The molecule has 1 rings (SSSR count). The topological polar surface area (TPSA) is 0 Å². The maximum absolute atomic E-state index is 5.14. The fourth-order valence-electron chi connectivity index (χ4n) is 0.331. The molecule has 1 heterocycles. The van der Waals surface area contributed by atoms with Crippen molar-refractivity contribution < 1.29 is 32.7 Å². The number of hydrogen-bond donors (Lipinski definition) is 0. The molecule has 0 saturated carbocycles. The molecule has 0 N–H and O–H groups in total. The van der Waals surface area contributed by atoms with E-state index in [1.807, 2.05) is 10.8 Å². The van der Waals surface area contributed by atoms with Gasteiger partial charge in [0.1, 0.15) is 0 Å². The van der Waals surface area contributed by atoms with Crippen LogP contribution in [0.25, 0.3) is 6.08 Å². The van der Waals surface area contributed by atoms with E-state index in [9.17, 15) is 0 Å². The Hall–Kier alpha value is 0.544. The maximum atomic E-state index is 5.14. The molecule has 0 aromatic carbocycles. The predicted molar refractivity (Wildman–Crippen MR) is 31.9 cm³/mol. The first kappa shape index (κ1) is 8.54. The van der Waals surface area contributed by atoms with Crippen LogP contribution in [-0.4, -0.2) is 0 Å². The van der Waals surface area contributed by atoms with Crippen LogP contribution in [0.1, 0.15) is 5.56 Å². The molecule has 1 radical (unpaired) electrons. The van der Waals surface area contributed by atoms with Crippen LogP contribution in [0.3, 0.4) is 0 Å². The summed E-state index contributed by atoms with van der Waals surface area (Å²) in [5, 5.41) is 3.82. The Kier molecular flexibility index (Phi) is 4.73. The van der Waals surface area contributed by atoms with Gasteiger partial charge in [0, 0.05) is 32.7 Å². The summed E-state index contributed by atoms with van der Waals surface area (Å²) in [6.07, 6.45) is 1.54. The molecule has 2 heteroatoms. The van der Waals surface area contributed by atoms with Gasteiger partial charge in [-0.05, 0) is 0 Å². The average molecular weight is 197 g/mol. The summed E-state index contributed by atoms with van der Waals surface area (Å²) in [5.41, 5.74) is 0.977. The van der Waals surface area contributed by atoms with Crippen LogP contribution in [-0.2, 0) is 32.7 Å². The molecule has 0 spiro atoms. The Balaban J connectivity index is 0.000000490. The Morgan fingerprint density at radius 3 is 2.75 bits per heavy atom. The summed E-state index contributed by atoms with van der Waals surface area (Å²) in [4.78, 5) is 0. The van der Waals surface area contributed by atoms with E-state index in [0.717, 1.165) is 5.56 Å². The minimum atomic E-state index is 0. The standard InChI is InChI=1S/C6H4S.Y/c1-2-6-3-4-7-5-6;/h1-2,4-5H;/q-2;. The van der Waals surface area contributed by atoms with E-state index in [1.165, 1.54) is 6.08 Å². The average Bonchev–Trinajstić information content (AvgIpc) is 2.14. The van der Waals surface area contributed by atoms with Crippen molar-refractivity contribution >= 4 is 17.4 Å². The fraction of sp³-hybridized carbons (Fsp3) is 0. The molecule has 0 aliphatic rings. The van der Waals surface area contributed by atoms with E-state index in [1.54, 1.807) is 11.3 Å². The Morgan fingerprint density at radius 1 is 1.75 bits per heavy atom. The first-order valence-electron chi connectivity index (χ1n) is 1.92. The largest absolute Gasteiger partial charge is 0.361 e. The van der Waals surface area contributed by atoms with E-state index < -0.39 is 0 Å². The second-order valence-corrected chi connectivity index (χ2v) is 1.88. The third-order valence-corrected chi connectivity index (χ3v) is 1.31. The van der Waals surface area contributed by atoms with E-state index in [0.29, 0.717) is 0 Å². The van der Waals surface area contributed by atoms with Crippen LogP contribution < -0.4 is 0 Å². The molecule has 8 heavy (non-hydrogen) atoms. The Bertz CT molecular complexity index is 144. The van der Waals surface area contributed by atoms with Gasteiger partial charge in [0.2, 0.25) is 0 Å². The van der Waals surface area contributed by atoms with Crippen molar-refractivity contribution in [3.8, 4) is 0 Å². The summed E-state index contributed by atoms with van der Waals surface area (Å²) in [6.45, 7) is 5.14. The zero-order chi connectivity index (χ0) is 5.11. The predicted octanol–water partition coefficient (Wildman–Crippen LogP) is 1.99. The minimum Gasteiger partial charge on any atom is -0.361 e. The summed E-state index contributed by atoms with van der Waals surface area (Å²) in [7, 11) is 0. The molecule has 0 nitrogen and oxygen atoms in total. The second kappa shape index (κ2) is 4.43. The van der Waals surface area contributed by atoms with Crippen molar-refractivity contribution in [2.24, 2.45) is 0 Å². The first-order valence-corrected chi connectivity index (χ1v) is 2.86. The molecule has 0 atom stereocenters. The smallest absolute Gasteiger partial charge is 0 e. The van der Waals surface area contributed by atoms with Gasteiger partial charge in [-0.1, -0.05) is 0 Å². The molecule has 0 aliphatic carbocycles. The first-order chi connectivity index (χ1) is 3.43. The third-order valence-electron chi connectivity index (χ3n) is 0.668. The molecular formula is C6H4SY-2. The van der Waals surface area contributed by atoms with E-state index in [-0.39, 0.29) is 32.7 Å². The Labute approximate surface area is 78.5 Å². The summed E-state index contributed by atoms with van der Waals surface area (Å²) >= 11 is 1.60. The zero-order valence-electron chi connectivity index (χ0n) is 4.29. The third kappa shape index (κ3) is 2.21. The van der Waals surface area contributed by atoms with Gasteiger partial charge < -0.3 is 18.2 Å². The zero-order valence-corrected chi connectivity index (χ0v) is 7.95. The van der Waals surface area contributed by atoms with Gasteiger partial charge >= 0.3 is 0 Å². The van der Waals surface area contributed by atoms with Gasteiger partial charge in [-0.15, -0.1) is 5.38 Å². The van der Waals surface area contributed by atoms with Crippen molar-refractivity contribution in [2.45, 2.75) is 0 Å². The van der Waals surface area contributed by atoms with Crippen molar-refractivity contribution in [1.82, 2.24) is 0 Å². The molecule has 1 aromatic rings. The van der Waals surface area contributed by atoms with Crippen LogP contribution in [0.5, 0.6) is 0 Å². The van der Waals surface area contributed by atoms with Crippen molar-refractivity contribution in [1.29, 1.82) is 0 Å². The van der Waals surface area contributed by atoms with Crippen LogP contribution >= 0.6 is 11.3 Å². The quantitative estimate of drug-likeness (QED) is 0.604. The normalized spacial score (nSPS) is 7.50. The van der Waals surface area contributed by atoms with Crippen LogP contribution in [0.15, 0.2) is 10.8 Å². The van der Waals surface area contributed by atoms with Crippen molar-refractivity contribution in [3.05, 3.63) is 29.0 Å². The summed E-state index contributed by atoms with van der Waals surface area (Å²) < 4.78 is 0. The SMILES string of the molecule is [CH-]=Cc1[c-]csc1.[Y]. The summed E-state index contributed by atoms with van der Waals surface area (Å²) in [5.74, 6) is 0. The molecule has 1 aromatic heterocycles. The van der Waals surface area contributed by atoms with E-state index in [2.05, 4.69) is 6.07 Å². The fourth-order valence-corrected chi connectivity index (χ4v) is 0.896. The molecule has 0 saturated heterocycles. The van der Waals surface area contributed by atoms with Crippen LogP contribution in [0.4, 0.5) is 0 Å². The molecule has 0 unspecified atom stereocenters. The number of hydrogen-bond acceptors (Lipinski definition) is 1. The number of thiophene rings is 1. The van der Waals surface area contributed by atoms with Gasteiger partial charge in [0.05, 0.1) is 0 Å². The molecule has 0 aliphatic heterocycles. The second-order valence-electron chi connectivity index (χ2n) is 1.14. The van der Waals surface area contributed by atoms with Crippen LogP contribution in [0.2, 0.25) is 0 Å². The van der Waals surface area contributed by atoms with Crippen molar-refractivity contribution in [2.75, 3.05) is 0 Å². The molecular weight excluding hydrogens is 193 g/mol. The summed E-state index contributed by atoms with van der Waals surface area (Å²) in [6, 6.07) is 2.92.